The van der Waals surface area contributed by atoms with Crippen LogP contribution in [0.25, 0.3) is 0 Å². The molecule has 0 atom stereocenters. The molecule has 0 saturated heterocycles. The second-order valence-electron chi connectivity index (χ2n) is 7.68. The fourth-order valence-electron chi connectivity index (χ4n) is 3.51. The van der Waals surface area contributed by atoms with E-state index < -0.39 is 6.09 Å². The molecule has 3 aromatic carbocycles. The standard InChI is InChI=1S/C26H24ClN3O3/c1-19-14-25(29(26(31)32)16-20-8-4-2-5-9-20)28-30(19)17-22-15-23(27)12-13-24(22)33-18-21-10-6-3-7-11-21/h2-15H,16-18H2,1H3,(H,31,32). The minimum absolute atomic E-state index is 0.217. The van der Waals surface area contributed by atoms with E-state index in [2.05, 4.69) is 5.10 Å². The highest BCUT2D eigenvalue weighted by Gasteiger charge is 2.20. The summed E-state index contributed by atoms with van der Waals surface area (Å²) in [4.78, 5) is 13.2. The van der Waals surface area contributed by atoms with Gasteiger partial charge < -0.3 is 9.84 Å². The van der Waals surface area contributed by atoms with Crippen molar-refractivity contribution in [1.82, 2.24) is 9.78 Å². The molecular weight excluding hydrogens is 438 g/mol. The molecule has 1 amide bonds. The minimum Gasteiger partial charge on any atom is -0.489 e. The van der Waals surface area contributed by atoms with Crippen LogP contribution in [0.15, 0.2) is 84.9 Å². The summed E-state index contributed by atoms with van der Waals surface area (Å²) in [6, 6.07) is 26.6. The third-order valence-electron chi connectivity index (χ3n) is 5.24. The van der Waals surface area contributed by atoms with Gasteiger partial charge in [-0.15, -0.1) is 0 Å². The Kier molecular flexibility index (Phi) is 6.95. The highest BCUT2D eigenvalue weighted by molar-refractivity contribution is 6.30. The van der Waals surface area contributed by atoms with Crippen LogP contribution >= 0.6 is 11.6 Å². The zero-order valence-electron chi connectivity index (χ0n) is 18.2. The van der Waals surface area contributed by atoms with Gasteiger partial charge in [-0.05, 0) is 36.2 Å². The summed E-state index contributed by atoms with van der Waals surface area (Å²) in [7, 11) is 0. The average molecular weight is 462 g/mol. The second-order valence-corrected chi connectivity index (χ2v) is 8.12. The summed E-state index contributed by atoms with van der Waals surface area (Å²) in [5.41, 5.74) is 3.65. The molecule has 4 rings (SSSR count). The Morgan fingerprint density at radius 3 is 2.33 bits per heavy atom. The predicted molar refractivity (Wildman–Crippen MR) is 129 cm³/mol. The van der Waals surface area contributed by atoms with Gasteiger partial charge in [-0.25, -0.2) is 4.79 Å². The fourth-order valence-corrected chi connectivity index (χ4v) is 3.70. The molecule has 0 fully saturated rings. The van der Waals surface area contributed by atoms with E-state index in [1.54, 1.807) is 16.8 Å². The van der Waals surface area contributed by atoms with Crippen LogP contribution in [-0.4, -0.2) is 21.0 Å². The van der Waals surface area contributed by atoms with Crippen molar-refractivity contribution in [3.05, 3.63) is 112 Å². The van der Waals surface area contributed by atoms with Crippen molar-refractivity contribution < 1.29 is 14.6 Å². The van der Waals surface area contributed by atoms with E-state index in [1.807, 2.05) is 79.7 Å². The number of anilines is 1. The Labute approximate surface area is 197 Å². The van der Waals surface area contributed by atoms with Gasteiger partial charge in [-0.1, -0.05) is 72.3 Å². The molecule has 0 saturated carbocycles. The molecule has 7 heteroatoms. The number of benzene rings is 3. The lowest BCUT2D eigenvalue weighted by Crippen LogP contribution is -2.29. The molecule has 0 aliphatic rings. The van der Waals surface area contributed by atoms with Gasteiger partial charge in [0.2, 0.25) is 0 Å². The van der Waals surface area contributed by atoms with E-state index in [0.717, 1.165) is 22.4 Å². The van der Waals surface area contributed by atoms with E-state index >= 15 is 0 Å². The van der Waals surface area contributed by atoms with Crippen LogP contribution in [0.2, 0.25) is 5.02 Å². The van der Waals surface area contributed by atoms with Crippen molar-refractivity contribution in [2.45, 2.75) is 26.6 Å². The highest BCUT2D eigenvalue weighted by atomic mass is 35.5. The lowest BCUT2D eigenvalue weighted by Gasteiger charge is -2.16. The van der Waals surface area contributed by atoms with Crippen LogP contribution in [0.4, 0.5) is 10.6 Å². The monoisotopic (exact) mass is 461 g/mol. The third-order valence-corrected chi connectivity index (χ3v) is 5.47. The van der Waals surface area contributed by atoms with E-state index in [4.69, 9.17) is 16.3 Å². The summed E-state index contributed by atoms with van der Waals surface area (Å²) in [6.07, 6.45) is -1.06. The summed E-state index contributed by atoms with van der Waals surface area (Å²) in [5, 5.41) is 14.9. The van der Waals surface area contributed by atoms with Gasteiger partial charge in [0, 0.05) is 22.3 Å². The molecule has 168 valence electrons. The number of hydrogen-bond acceptors (Lipinski definition) is 3. The molecule has 1 heterocycles. The Bertz CT molecular complexity index is 1230. The minimum atomic E-state index is -1.06. The number of aromatic nitrogens is 2. The van der Waals surface area contributed by atoms with Gasteiger partial charge >= 0.3 is 6.09 Å². The van der Waals surface area contributed by atoms with Crippen LogP contribution in [0.3, 0.4) is 0 Å². The molecule has 0 aliphatic heterocycles. The molecule has 0 unspecified atom stereocenters. The molecule has 6 nitrogen and oxygen atoms in total. The predicted octanol–water partition coefficient (Wildman–Crippen LogP) is 6.16. The first-order valence-corrected chi connectivity index (χ1v) is 10.9. The normalized spacial score (nSPS) is 10.7. The zero-order chi connectivity index (χ0) is 23.2. The van der Waals surface area contributed by atoms with Crippen LogP contribution < -0.4 is 9.64 Å². The van der Waals surface area contributed by atoms with E-state index in [1.165, 1.54) is 4.90 Å². The summed E-state index contributed by atoms with van der Waals surface area (Å²) < 4.78 is 7.82. The number of hydrogen-bond donors (Lipinski definition) is 1. The highest BCUT2D eigenvalue weighted by Crippen LogP contribution is 2.26. The van der Waals surface area contributed by atoms with Gasteiger partial charge in [0.25, 0.3) is 0 Å². The number of amides is 1. The summed E-state index contributed by atoms with van der Waals surface area (Å²) in [5.74, 6) is 1.08. The number of aryl methyl sites for hydroxylation is 1. The van der Waals surface area contributed by atoms with Crippen molar-refractivity contribution in [3.63, 3.8) is 0 Å². The Hall–Kier alpha value is -3.77. The first-order valence-electron chi connectivity index (χ1n) is 10.5. The molecule has 33 heavy (non-hydrogen) atoms. The van der Waals surface area contributed by atoms with Gasteiger partial charge in [-0.3, -0.25) is 9.58 Å². The maximum absolute atomic E-state index is 11.9. The van der Waals surface area contributed by atoms with Crippen molar-refractivity contribution in [3.8, 4) is 5.75 Å². The van der Waals surface area contributed by atoms with E-state index in [9.17, 15) is 9.90 Å². The fraction of sp³-hybridized carbons (Fsp3) is 0.154. The SMILES string of the molecule is Cc1cc(N(Cc2ccccc2)C(=O)O)nn1Cc1cc(Cl)ccc1OCc1ccccc1. The molecular formula is C26H24ClN3O3. The maximum atomic E-state index is 11.9. The summed E-state index contributed by atoms with van der Waals surface area (Å²) >= 11 is 6.26. The largest absolute Gasteiger partial charge is 0.489 e. The molecule has 0 spiro atoms. The quantitative estimate of drug-likeness (QED) is 0.341. The van der Waals surface area contributed by atoms with Gasteiger partial charge in [0.05, 0.1) is 13.1 Å². The third kappa shape index (κ3) is 5.73. The Morgan fingerprint density at radius 1 is 1.00 bits per heavy atom. The number of carbonyl (C=O) groups is 1. The molecule has 1 aromatic heterocycles. The lowest BCUT2D eigenvalue weighted by atomic mass is 10.2. The van der Waals surface area contributed by atoms with Crippen LogP contribution in [0.5, 0.6) is 5.75 Å². The lowest BCUT2D eigenvalue weighted by molar-refractivity contribution is 0.201. The van der Waals surface area contributed by atoms with E-state index in [-0.39, 0.29) is 6.54 Å². The Balaban J connectivity index is 1.56. The smallest absolute Gasteiger partial charge is 0.413 e. The maximum Gasteiger partial charge on any atom is 0.413 e. The number of ether oxygens (including phenoxy) is 1. The number of carboxylic acid groups (broad SMARTS) is 1. The van der Waals surface area contributed by atoms with E-state index in [0.29, 0.717) is 29.7 Å². The zero-order valence-corrected chi connectivity index (χ0v) is 18.9. The summed E-state index contributed by atoms with van der Waals surface area (Å²) in [6.45, 7) is 2.95. The first kappa shape index (κ1) is 22.4. The molecule has 0 bridgehead atoms. The van der Waals surface area contributed by atoms with Crippen LogP contribution in [0.1, 0.15) is 22.4 Å². The van der Waals surface area contributed by atoms with Crippen molar-refractivity contribution in [2.24, 2.45) is 0 Å². The van der Waals surface area contributed by atoms with Gasteiger partial charge in [-0.2, -0.15) is 5.10 Å². The first-order chi connectivity index (χ1) is 16.0. The number of halogens is 1. The van der Waals surface area contributed by atoms with Gasteiger partial charge in [0.1, 0.15) is 12.4 Å². The molecule has 0 radical (unpaired) electrons. The molecule has 4 aromatic rings. The van der Waals surface area contributed by atoms with Crippen molar-refractivity contribution in [1.29, 1.82) is 0 Å². The van der Waals surface area contributed by atoms with Gasteiger partial charge in [0.15, 0.2) is 5.82 Å². The topological polar surface area (TPSA) is 67.6 Å². The average Bonchev–Trinajstić information content (AvgIpc) is 3.17. The Morgan fingerprint density at radius 2 is 1.67 bits per heavy atom. The van der Waals surface area contributed by atoms with Crippen molar-refractivity contribution >= 4 is 23.5 Å². The number of rotatable bonds is 8. The second kappa shape index (κ2) is 10.2. The van der Waals surface area contributed by atoms with Crippen molar-refractivity contribution in [2.75, 3.05) is 4.90 Å². The molecule has 0 aliphatic carbocycles. The molecule has 1 N–H and O–H groups in total. The van der Waals surface area contributed by atoms with Crippen LogP contribution in [0, 0.1) is 6.92 Å². The number of nitrogens with zero attached hydrogens (tertiary/aromatic N) is 3. The van der Waals surface area contributed by atoms with Crippen LogP contribution in [-0.2, 0) is 19.7 Å².